The first-order valence-corrected chi connectivity index (χ1v) is 4.72. The maximum atomic E-state index is 10.5. The Kier molecular flexibility index (Phi) is 4.05. The molecule has 0 aliphatic rings. The average Bonchev–Trinajstić information content (AvgIpc) is 2.17. The van der Waals surface area contributed by atoms with Gasteiger partial charge in [-0.2, -0.15) is 0 Å². The van der Waals surface area contributed by atoms with Crippen molar-refractivity contribution in [3.05, 3.63) is 34.4 Å². The van der Waals surface area contributed by atoms with Gasteiger partial charge in [-0.3, -0.25) is 10.1 Å². The van der Waals surface area contributed by atoms with Crippen molar-refractivity contribution in [1.82, 2.24) is 4.90 Å². The van der Waals surface area contributed by atoms with Gasteiger partial charge in [-0.15, -0.1) is 0 Å². The van der Waals surface area contributed by atoms with E-state index in [-0.39, 0.29) is 5.69 Å². The van der Waals surface area contributed by atoms with Crippen LogP contribution in [0.3, 0.4) is 0 Å². The van der Waals surface area contributed by atoms with Crippen molar-refractivity contribution in [3.8, 4) is 0 Å². The second-order valence-corrected chi connectivity index (χ2v) is 3.54. The molecule has 0 aromatic heterocycles. The van der Waals surface area contributed by atoms with E-state index in [0.717, 1.165) is 18.8 Å². The van der Waals surface area contributed by atoms with Gasteiger partial charge in [0.05, 0.1) is 4.92 Å². The zero-order valence-corrected chi connectivity index (χ0v) is 8.93. The van der Waals surface area contributed by atoms with Crippen molar-refractivity contribution in [2.45, 2.75) is 0 Å². The molecule has 1 N–H and O–H groups in total. The molecule has 5 heteroatoms. The first-order valence-electron chi connectivity index (χ1n) is 4.72. The molecule has 82 valence electrons. The van der Waals surface area contributed by atoms with Crippen LogP contribution in [0.15, 0.2) is 24.3 Å². The maximum absolute atomic E-state index is 10.5. The molecule has 0 spiro atoms. The predicted molar refractivity (Wildman–Crippen MR) is 60.1 cm³/mol. The predicted octanol–water partition coefficient (Wildman–Crippen LogP) is 1.57. The van der Waals surface area contributed by atoms with Gasteiger partial charge in [0, 0.05) is 30.9 Å². The largest absolute Gasteiger partial charge is 0.384 e. The van der Waals surface area contributed by atoms with Crippen LogP contribution < -0.4 is 5.32 Å². The summed E-state index contributed by atoms with van der Waals surface area (Å²) in [6.07, 6.45) is 0. The van der Waals surface area contributed by atoms with Crippen molar-refractivity contribution in [1.29, 1.82) is 0 Å². The topological polar surface area (TPSA) is 58.4 Å². The quantitative estimate of drug-likeness (QED) is 0.590. The molecule has 1 rings (SSSR count). The molecule has 1 aromatic carbocycles. The van der Waals surface area contributed by atoms with Crippen LogP contribution in [0.25, 0.3) is 0 Å². The fourth-order valence-corrected chi connectivity index (χ4v) is 1.15. The molecule has 0 aliphatic heterocycles. The van der Waals surface area contributed by atoms with Crippen molar-refractivity contribution < 1.29 is 4.92 Å². The van der Waals surface area contributed by atoms with E-state index in [2.05, 4.69) is 5.32 Å². The molecule has 1 aromatic rings. The van der Waals surface area contributed by atoms with Crippen molar-refractivity contribution in [3.63, 3.8) is 0 Å². The summed E-state index contributed by atoms with van der Waals surface area (Å²) >= 11 is 0. The molecule has 5 nitrogen and oxygen atoms in total. The van der Waals surface area contributed by atoms with Crippen LogP contribution in [0.4, 0.5) is 11.4 Å². The number of nitro benzene ring substituents is 1. The van der Waals surface area contributed by atoms with Gasteiger partial charge in [-0.05, 0) is 20.2 Å². The zero-order valence-electron chi connectivity index (χ0n) is 8.93. The Balaban J connectivity index is 2.54. The first-order chi connectivity index (χ1) is 7.09. The fourth-order valence-electron chi connectivity index (χ4n) is 1.15. The highest BCUT2D eigenvalue weighted by atomic mass is 16.6. The number of nitrogens with one attached hydrogen (secondary N) is 1. The monoisotopic (exact) mass is 209 g/mol. The van der Waals surface area contributed by atoms with E-state index >= 15 is 0 Å². The second kappa shape index (κ2) is 5.31. The van der Waals surface area contributed by atoms with E-state index in [4.69, 9.17) is 0 Å². The molecule has 0 atom stereocenters. The number of rotatable bonds is 5. The lowest BCUT2D eigenvalue weighted by molar-refractivity contribution is -0.384. The van der Waals surface area contributed by atoms with Crippen molar-refractivity contribution >= 4 is 11.4 Å². The summed E-state index contributed by atoms with van der Waals surface area (Å²) in [6.45, 7) is 1.66. The molecule has 0 heterocycles. The van der Waals surface area contributed by atoms with E-state index in [1.165, 1.54) is 12.1 Å². The minimum absolute atomic E-state index is 0.116. The third-order valence-electron chi connectivity index (χ3n) is 1.95. The first kappa shape index (κ1) is 11.5. The minimum Gasteiger partial charge on any atom is -0.384 e. The summed E-state index contributed by atoms with van der Waals surface area (Å²) < 4.78 is 0. The Morgan fingerprint density at radius 2 is 2.20 bits per heavy atom. The van der Waals surface area contributed by atoms with Crippen LogP contribution in [-0.2, 0) is 0 Å². The molecule has 0 aliphatic carbocycles. The smallest absolute Gasteiger partial charge is 0.271 e. The zero-order chi connectivity index (χ0) is 11.3. The van der Waals surface area contributed by atoms with Crippen LogP contribution in [0.1, 0.15) is 0 Å². The molecule has 0 bridgehead atoms. The summed E-state index contributed by atoms with van der Waals surface area (Å²) in [6, 6.07) is 6.52. The van der Waals surface area contributed by atoms with Gasteiger partial charge in [0.1, 0.15) is 0 Å². The van der Waals surface area contributed by atoms with E-state index in [1.54, 1.807) is 6.07 Å². The van der Waals surface area contributed by atoms with Crippen LogP contribution >= 0.6 is 0 Å². The van der Waals surface area contributed by atoms with Gasteiger partial charge >= 0.3 is 0 Å². The van der Waals surface area contributed by atoms with Gasteiger partial charge < -0.3 is 10.2 Å². The Hall–Kier alpha value is -1.62. The van der Waals surface area contributed by atoms with Crippen molar-refractivity contribution in [2.24, 2.45) is 0 Å². The number of non-ortho nitro benzene ring substituents is 1. The molecule has 0 fully saturated rings. The molecular weight excluding hydrogens is 194 g/mol. The van der Waals surface area contributed by atoms with Crippen molar-refractivity contribution in [2.75, 3.05) is 32.5 Å². The second-order valence-electron chi connectivity index (χ2n) is 3.54. The van der Waals surface area contributed by atoms with Gasteiger partial charge in [0.15, 0.2) is 0 Å². The number of benzene rings is 1. The Bertz CT molecular complexity index is 339. The highest BCUT2D eigenvalue weighted by Crippen LogP contribution is 2.16. The number of likely N-dealkylation sites (N-methyl/N-ethyl adjacent to an activating group) is 1. The molecular formula is C10H15N3O2. The van der Waals surface area contributed by atoms with E-state index < -0.39 is 4.92 Å². The summed E-state index contributed by atoms with van der Waals surface area (Å²) in [5.41, 5.74) is 0.899. The van der Waals surface area contributed by atoms with Gasteiger partial charge in [0.25, 0.3) is 5.69 Å². The number of nitro groups is 1. The van der Waals surface area contributed by atoms with Crippen LogP contribution in [0.5, 0.6) is 0 Å². The minimum atomic E-state index is -0.392. The Morgan fingerprint density at radius 1 is 1.47 bits per heavy atom. The Morgan fingerprint density at radius 3 is 2.80 bits per heavy atom. The standard InChI is InChI=1S/C10H15N3O2/c1-12(2)7-6-11-9-4-3-5-10(8-9)13(14)15/h3-5,8,11H,6-7H2,1-2H3. The van der Waals surface area contributed by atoms with Crippen LogP contribution in [0, 0.1) is 10.1 Å². The van der Waals surface area contributed by atoms with Gasteiger partial charge in [-0.25, -0.2) is 0 Å². The molecule has 0 radical (unpaired) electrons. The number of hydrogen-bond donors (Lipinski definition) is 1. The molecule has 0 unspecified atom stereocenters. The molecule has 0 saturated carbocycles. The highest BCUT2D eigenvalue weighted by Gasteiger charge is 2.04. The molecule has 15 heavy (non-hydrogen) atoms. The van der Waals surface area contributed by atoms with Gasteiger partial charge in [-0.1, -0.05) is 6.07 Å². The summed E-state index contributed by atoms with van der Waals surface area (Å²) in [5, 5.41) is 13.6. The lowest BCUT2D eigenvalue weighted by Gasteiger charge is -2.10. The average molecular weight is 209 g/mol. The normalized spacial score (nSPS) is 10.3. The number of nitrogens with zero attached hydrogens (tertiary/aromatic N) is 2. The third-order valence-corrected chi connectivity index (χ3v) is 1.95. The Labute approximate surface area is 88.9 Å². The highest BCUT2D eigenvalue weighted by molar-refractivity contribution is 5.50. The lowest BCUT2D eigenvalue weighted by atomic mass is 10.3. The molecule has 0 amide bonds. The molecule has 0 saturated heterocycles. The lowest BCUT2D eigenvalue weighted by Crippen LogP contribution is -2.20. The van der Waals surface area contributed by atoms with E-state index in [1.807, 2.05) is 25.1 Å². The summed E-state index contributed by atoms with van der Waals surface area (Å²) in [5.74, 6) is 0. The summed E-state index contributed by atoms with van der Waals surface area (Å²) in [7, 11) is 3.96. The number of anilines is 1. The van der Waals surface area contributed by atoms with Gasteiger partial charge in [0.2, 0.25) is 0 Å². The SMILES string of the molecule is CN(C)CCNc1cccc([N+](=O)[O-])c1. The van der Waals surface area contributed by atoms with Crippen LogP contribution in [0.2, 0.25) is 0 Å². The van der Waals surface area contributed by atoms with Crippen LogP contribution in [-0.4, -0.2) is 37.0 Å². The van der Waals surface area contributed by atoms with E-state index in [9.17, 15) is 10.1 Å². The summed E-state index contributed by atoms with van der Waals surface area (Å²) in [4.78, 5) is 12.2. The maximum Gasteiger partial charge on any atom is 0.271 e. The fraction of sp³-hybridized carbons (Fsp3) is 0.400. The third kappa shape index (κ3) is 3.95. The van der Waals surface area contributed by atoms with E-state index in [0.29, 0.717) is 0 Å². The number of hydrogen-bond acceptors (Lipinski definition) is 4.